The van der Waals surface area contributed by atoms with Gasteiger partial charge in [-0.05, 0) is 30.7 Å². The lowest BCUT2D eigenvalue weighted by Gasteiger charge is -2.04. The van der Waals surface area contributed by atoms with Crippen LogP contribution in [0.2, 0.25) is 0 Å². The van der Waals surface area contributed by atoms with Gasteiger partial charge in [0.2, 0.25) is 5.16 Å². The van der Waals surface area contributed by atoms with Crippen LogP contribution < -0.4 is 0 Å². The van der Waals surface area contributed by atoms with Gasteiger partial charge >= 0.3 is 5.97 Å². The van der Waals surface area contributed by atoms with E-state index >= 15 is 0 Å². The summed E-state index contributed by atoms with van der Waals surface area (Å²) in [6.45, 7) is 1.80. The van der Waals surface area contributed by atoms with Crippen LogP contribution in [-0.2, 0) is 5.75 Å². The number of benzene rings is 2. The molecule has 6 nitrogen and oxygen atoms in total. The zero-order chi connectivity index (χ0) is 18.5. The first-order valence-corrected chi connectivity index (χ1v) is 9.48. The molecule has 0 radical (unpaired) electrons. The highest BCUT2D eigenvalue weighted by atomic mass is 79.9. The minimum absolute atomic E-state index is 0.200. The molecule has 0 saturated heterocycles. The second-order valence-corrected chi connectivity index (χ2v) is 7.25. The Morgan fingerprint density at radius 3 is 2.69 bits per heavy atom. The molecule has 26 heavy (non-hydrogen) atoms. The van der Waals surface area contributed by atoms with Gasteiger partial charge in [-0.25, -0.2) is 4.79 Å². The van der Waals surface area contributed by atoms with Crippen LogP contribution >= 0.6 is 27.7 Å². The van der Waals surface area contributed by atoms with Crippen LogP contribution in [0.15, 0.2) is 63.3 Å². The van der Waals surface area contributed by atoms with Gasteiger partial charge in [0.1, 0.15) is 0 Å². The van der Waals surface area contributed by atoms with E-state index in [1.165, 1.54) is 18.0 Å². The monoisotopic (exact) mass is 430 g/mol. The summed E-state index contributed by atoms with van der Waals surface area (Å²) in [5.41, 5.74) is 1.88. The van der Waals surface area contributed by atoms with E-state index in [1.54, 1.807) is 35.9 Å². The molecule has 0 fully saturated rings. The van der Waals surface area contributed by atoms with Gasteiger partial charge in [0.15, 0.2) is 5.82 Å². The van der Waals surface area contributed by atoms with E-state index in [0.717, 1.165) is 15.8 Å². The van der Waals surface area contributed by atoms with Crippen LogP contribution in [0.5, 0.6) is 0 Å². The number of aryl methyl sites for hydroxylation is 1. The number of aromatic carboxylic acids is 1. The van der Waals surface area contributed by atoms with Crippen molar-refractivity contribution in [1.82, 2.24) is 14.9 Å². The normalized spacial score (nSPS) is 11.2. The Bertz CT molecular complexity index is 954. The Morgan fingerprint density at radius 1 is 1.23 bits per heavy atom. The summed E-state index contributed by atoms with van der Waals surface area (Å²) in [5, 5.41) is 22.5. The number of halogens is 1. The number of aromatic nitrogens is 3. The lowest BCUT2D eigenvalue weighted by atomic mass is 10.1. The minimum Gasteiger partial charge on any atom is -0.478 e. The zero-order valence-corrected chi connectivity index (χ0v) is 16.2. The molecule has 3 aromatic rings. The molecule has 0 aliphatic heterocycles. The first-order valence-electron chi connectivity index (χ1n) is 7.70. The third-order valence-corrected chi connectivity index (χ3v) is 5.07. The van der Waals surface area contributed by atoms with Crippen LogP contribution in [0.1, 0.15) is 27.3 Å². The molecular formula is C18H15BrN4O2S. The van der Waals surface area contributed by atoms with Gasteiger partial charge in [-0.3, -0.25) is 0 Å². The van der Waals surface area contributed by atoms with E-state index in [9.17, 15) is 9.90 Å². The van der Waals surface area contributed by atoms with Crippen molar-refractivity contribution in [3.05, 3.63) is 75.5 Å². The molecule has 3 rings (SSSR count). The van der Waals surface area contributed by atoms with Gasteiger partial charge in [0.25, 0.3) is 0 Å². The number of hydrogen-bond donors (Lipinski definition) is 1. The highest BCUT2D eigenvalue weighted by Crippen LogP contribution is 2.23. The average Bonchev–Trinajstić information content (AvgIpc) is 2.99. The van der Waals surface area contributed by atoms with Crippen molar-refractivity contribution in [2.75, 3.05) is 0 Å². The van der Waals surface area contributed by atoms with Crippen molar-refractivity contribution < 1.29 is 9.90 Å². The van der Waals surface area contributed by atoms with E-state index in [0.29, 0.717) is 16.5 Å². The minimum atomic E-state index is -0.989. The Kier molecular flexibility index (Phi) is 5.85. The molecule has 1 heterocycles. The number of carbonyl (C=O) groups is 1. The van der Waals surface area contributed by atoms with Crippen LogP contribution in [0.4, 0.5) is 0 Å². The molecule has 0 aliphatic rings. The fourth-order valence-corrected chi connectivity index (χ4v) is 3.37. The molecule has 0 saturated carbocycles. The van der Waals surface area contributed by atoms with Crippen molar-refractivity contribution in [1.29, 1.82) is 0 Å². The molecule has 2 aromatic carbocycles. The standard InChI is InChI=1S/C18H15BrN4O2S/c1-12-21-22-18(26-11-13-6-8-15(19)9-7-13)23(12)20-10-14-4-2-3-5-16(14)17(24)25/h2-10H,11H2,1H3,(H,24,25)/b20-10+. The number of carboxylic acid groups (broad SMARTS) is 1. The van der Waals surface area contributed by atoms with E-state index in [2.05, 4.69) is 31.2 Å². The van der Waals surface area contributed by atoms with Crippen LogP contribution in [0, 0.1) is 6.92 Å². The van der Waals surface area contributed by atoms with E-state index in [-0.39, 0.29) is 5.56 Å². The summed E-state index contributed by atoms with van der Waals surface area (Å²) in [4.78, 5) is 11.3. The molecule has 0 bridgehead atoms. The van der Waals surface area contributed by atoms with Gasteiger partial charge in [-0.15, -0.1) is 10.2 Å². The number of thioether (sulfide) groups is 1. The summed E-state index contributed by atoms with van der Waals surface area (Å²) in [7, 11) is 0. The number of carboxylic acids is 1. The van der Waals surface area contributed by atoms with E-state index < -0.39 is 5.97 Å². The zero-order valence-electron chi connectivity index (χ0n) is 13.8. The molecule has 132 valence electrons. The van der Waals surface area contributed by atoms with E-state index in [4.69, 9.17) is 0 Å². The summed E-state index contributed by atoms with van der Waals surface area (Å²) in [6.07, 6.45) is 1.52. The molecule has 8 heteroatoms. The van der Waals surface area contributed by atoms with Gasteiger partial charge < -0.3 is 5.11 Å². The second kappa shape index (κ2) is 8.29. The Hall–Kier alpha value is -2.45. The smallest absolute Gasteiger partial charge is 0.336 e. The summed E-state index contributed by atoms with van der Waals surface area (Å²) < 4.78 is 2.65. The number of hydrogen-bond acceptors (Lipinski definition) is 5. The largest absolute Gasteiger partial charge is 0.478 e. The highest BCUT2D eigenvalue weighted by molar-refractivity contribution is 9.10. The van der Waals surface area contributed by atoms with Gasteiger partial charge in [0.05, 0.1) is 11.8 Å². The van der Waals surface area contributed by atoms with Crippen LogP contribution in [0.3, 0.4) is 0 Å². The Morgan fingerprint density at radius 2 is 1.96 bits per heavy atom. The average molecular weight is 431 g/mol. The van der Waals surface area contributed by atoms with Crippen molar-refractivity contribution in [3.8, 4) is 0 Å². The predicted molar refractivity (Wildman–Crippen MR) is 105 cm³/mol. The number of nitrogens with zero attached hydrogens (tertiary/aromatic N) is 4. The molecular weight excluding hydrogens is 416 g/mol. The molecule has 0 amide bonds. The van der Waals surface area contributed by atoms with Crippen molar-refractivity contribution in [2.24, 2.45) is 5.10 Å². The SMILES string of the molecule is Cc1nnc(SCc2ccc(Br)cc2)n1/N=C/c1ccccc1C(=O)O. The molecule has 1 N–H and O–H groups in total. The third-order valence-electron chi connectivity index (χ3n) is 3.55. The molecule has 1 aromatic heterocycles. The van der Waals surface area contributed by atoms with Crippen molar-refractivity contribution in [2.45, 2.75) is 17.8 Å². The maximum Gasteiger partial charge on any atom is 0.336 e. The van der Waals surface area contributed by atoms with Gasteiger partial charge in [0, 0.05) is 15.8 Å². The van der Waals surface area contributed by atoms with Crippen molar-refractivity contribution in [3.63, 3.8) is 0 Å². The fraction of sp³-hybridized carbons (Fsp3) is 0.111. The van der Waals surface area contributed by atoms with Crippen molar-refractivity contribution >= 4 is 39.9 Å². The van der Waals surface area contributed by atoms with Gasteiger partial charge in [-0.1, -0.05) is 58.0 Å². The maximum absolute atomic E-state index is 11.3. The second-order valence-electron chi connectivity index (χ2n) is 5.39. The lowest BCUT2D eigenvalue weighted by Crippen LogP contribution is -2.03. The first-order chi connectivity index (χ1) is 12.5. The highest BCUT2D eigenvalue weighted by Gasteiger charge is 2.10. The van der Waals surface area contributed by atoms with Crippen LogP contribution in [0.25, 0.3) is 0 Å². The quantitative estimate of drug-likeness (QED) is 0.467. The maximum atomic E-state index is 11.3. The molecule has 0 spiro atoms. The fourth-order valence-electron chi connectivity index (χ4n) is 2.21. The third kappa shape index (κ3) is 4.39. The topological polar surface area (TPSA) is 80.4 Å². The van der Waals surface area contributed by atoms with E-state index in [1.807, 2.05) is 24.3 Å². The molecule has 0 unspecified atom stereocenters. The summed E-state index contributed by atoms with van der Waals surface area (Å²) in [5.74, 6) is 0.372. The number of rotatable bonds is 6. The first kappa shape index (κ1) is 18.3. The predicted octanol–water partition coefficient (Wildman–Crippen LogP) is 4.22. The molecule has 0 aliphatic carbocycles. The summed E-state index contributed by atoms with van der Waals surface area (Å²) in [6, 6.07) is 14.8. The van der Waals surface area contributed by atoms with Crippen LogP contribution in [-0.4, -0.2) is 32.2 Å². The van der Waals surface area contributed by atoms with Gasteiger partial charge in [-0.2, -0.15) is 9.78 Å². The lowest BCUT2D eigenvalue weighted by molar-refractivity contribution is 0.0697. The Labute approximate surface area is 163 Å². The summed E-state index contributed by atoms with van der Waals surface area (Å²) >= 11 is 4.94. The Balaban J connectivity index is 1.80. The molecule has 0 atom stereocenters.